The van der Waals surface area contributed by atoms with Crippen LogP contribution in [-0.4, -0.2) is 21.8 Å². The molecule has 0 saturated heterocycles. The summed E-state index contributed by atoms with van der Waals surface area (Å²) < 4.78 is 4.31. The van der Waals surface area contributed by atoms with Gasteiger partial charge in [0.2, 0.25) is 11.0 Å². The van der Waals surface area contributed by atoms with Gasteiger partial charge in [-0.05, 0) is 24.1 Å². The van der Waals surface area contributed by atoms with Gasteiger partial charge in [0, 0.05) is 30.2 Å². The van der Waals surface area contributed by atoms with Crippen molar-refractivity contribution >= 4 is 28.3 Å². The first-order chi connectivity index (χ1) is 10.1. The van der Waals surface area contributed by atoms with Crippen LogP contribution in [0.3, 0.4) is 0 Å². The molecular weight excluding hydrogens is 286 g/mol. The predicted octanol–water partition coefficient (Wildman–Crippen LogP) is 1.56. The van der Waals surface area contributed by atoms with Gasteiger partial charge in [-0.25, -0.2) is 4.98 Å². The van der Waals surface area contributed by atoms with E-state index in [0.717, 1.165) is 24.2 Å². The van der Waals surface area contributed by atoms with Gasteiger partial charge >= 0.3 is 0 Å². The maximum atomic E-state index is 11.3. The Bertz CT molecular complexity index is 613. The fraction of sp³-hybridized carbons (Fsp3) is 0.357. The molecule has 0 atom stereocenters. The molecule has 0 fully saturated rings. The molecule has 1 heterocycles. The molecule has 1 aromatic carbocycles. The average Bonchev–Trinajstić information content (AvgIpc) is 2.86. The standard InChI is InChI=1S/C14H19N5OS/c1-2-4-13-17-14(21-18-13)19(9-12(16)20)8-10-5-3-6-11(15)7-10/h3,5-7H,2,4,8-9,15H2,1H3,(H2,16,20). The minimum absolute atomic E-state index is 0.107. The summed E-state index contributed by atoms with van der Waals surface area (Å²) in [6, 6.07) is 7.54. The molecule has 2 rings (SSSR count). The van der Waals surface area contributed by atoms with E-state index in [1.807, 2.05) is 29.2 Å². The van der Waals surface area contributed by atoms with Crippen LogP contribution in [0.25, 0.3) is 0 Å². The minimum Gasteiger partial charge on any atom is -0.399 e. The van der Waals surface area contributed by atoms with E-state index in [4.69, 9.17) is 11.5 Å². The third kappa shape index (κ3) is 4.42. The van der Waals surface area contributed by atoms with Crippen molar-refractivity contribution in [1.82, 2.24) is 9.36 Å². The number of amides is 1. The van der Waals surface area contributed by atoms with Crippen LogP contribution in [0.15, 0.2) is 24.3 Å². The van der Waals surface area contributed by atoms with Gasteiger partial charge in [0.25, 0.3) is 0 Å². The van der Waals surface area contributed by atoms with E-state index in [0.29, 0.717) is 17.4 Å². The van der Waals surface area contributed by atoms with Gasteiger partial charge in [0.15, 0.2) is 0 Å². The van der Waals surface area contributed by atoms with E-state index < -0.39 is 5.91 Å². The molecule has 0 saturated carbocycles. The first-order valence-corrected chi connectivity index (χ1v) is 7.56. The molecular formula is C14H19N5OS. The van der Waals surface area contributed by atoms with Crippen molar-refractivity contribution in [2.45, 2.75) is 26.3 Å². The number of nitrogen functional groups attached to an aromatic ring is 1. The normalized spacial score (nSPS) is 10.5. The molecule has 4 N–H and O–H groups in total. The van der Waals surface area contributed by atoms with E-state index in [1.165, 1.54) is 11.5 Å². The highest BCUT2D eigenvalue weighted by molar-refractivity contribution is 7.09. The summed E-state index contributed by atoms with van der Waals surface area (Å²) >= 11 is 1.29. The molecule has 0 aliphatic carbocycles. The fourth-order valence-electron chi connectivity index (χ4n) is 1.99. The second-order valence-corrected chi connectivity index (χ2v) is 5.54. The van der Waals surface area contributed by atoms with Crippen LogP contribution in [0.1, 0.15) is 24.7 Å². The van der Waals surface area contributed by atoms with E-state index in [1.54, 1.807) is 0 Å². The topological polar surface area (TPSA) is 98.1 Å². The van der Waals surface area contributed by atoms with Gasteiger partial charge in [0.1, 0.15) is 5.82 Å². The molecule has 0 spiro atoms. The number of rotatable bonds is 7. The van der Waals surface area contributed by atoms with Crippen LogP contribution >= 0.6 is 11.5 Å². The van der Waals surface area contributed by atoms with Crippen molar-refractivity contribution in [1.29, 1.82) is 0 Å². The van der Waals surface area contributed by atoms with Gasteiger partial charge in [-0.2, -0.15) is 4.37 Å². The number of carbonyl (C=O) groups excluding carboxylic acids is 1. The van der Waals surface area contributed by atoms with E-state index in [9.17, 15) is 4.79 Å². The molecule has 0 radical (unpaired) electrons. The number of nitrogens with two attached hydrogens (primary N) is 2. The van der Waals surface area contributed by atoms with Crippen molar-refractivity contribution in [2.75, 3.05) is 17.2 Å². The van der Waals surface area contributed by atoms with Crippen LogP contribution in [0.5, 0.6) is 0 Å². The lowest BCUT2D eigenvalue weighted by Crippen LogP contribution is -2.33. The fourth-order valence-corrected chi connectivity index (χ4v) is 2.70. The Morgan fingerprint density at radius 3 is 2.90 bits per heavy atom. The number of benzene rings is 1. The Morgan fingerprint density at radius 2 is 2.24 bits per heavy atom. The second-order valence-electron chi connectivity index (χ2n) is 4.81. The maximum absolute atomic E-state index is 11.3. The Kier molecular flexibility index (Phi) is 5.10. The Morgan fingerprint density at radius 1 is 1.43 bits per heavy atom. The third-order valence-electron chi connectivity index (χ3n) is 2.87. The Balaban J connectivity index is 2.18. The van der Waals surface area contributed by atoms with Crippen LogP contribution in [-0.2, 0) is 17.8 Å². The summed E-state index contributed by atoms with van der Waals surface area (Å²) in [5.41, 5.74) is 12.8. The lowest BCUT2D eigenvalue weighted by molar-refractivity contribution is -0.116. The first kappa shape index (κ1) is 15.2. The lowest BCUT2D eigenvalue weighted by atomic mass is 10.2. The van der Waals surface area contributed by atoms with Gasteiger partial charge < -0.3 is 16.4 Å². The number of hydrogen-bond acceptors (Lipinski definition) is 6. The molecule has 2 aromatic rings. The first-order valence-electron chi connectivity index (χ1n) is 6.78. The molecule has 0 aliphatic rings. The summed E-state index contributed by atoms with van der Waals surface area (Å²) in [4.78, 5) is 17.6. The van der Waals surface area contributed by atoms with Crippen LogP contribution in [0, 0.1) is 0 Å². The van der Waals surface area contributed by atoms with E-state index in [2.05, 4.69) is 16.3 Å². The third-order valence-corrected chi connectivity index (χ3v) is 3.69. The second kappa shape index (κ2) is 7.03. The summed E-state index contributed by atoms with van der Waals surface area (Å²) in [7, 11) is 0. The highest BCUT2D eigenvalue weighted by atomic mass is 32.1. The number of hydrogen-bond donors (Lipinski definition) is 2. The average molecular weight is 305 g/mol. The largest absolute Gasteiger partial charge is 0.399 e. The zero-order valence-electron chi connectivity index (χ0n) is 12.0. The molecule has 0 aliphatic heterocycles. The quantitative estimate of drug-likeness (QED) is 0.757. The molecule has 21 heavy (non-hydrogen) atoms. The van der Waals surface area contributed by atoms with Crippen LogP contribution in [0.2, 0.25) is 0 Å². The maximum Gasteiger partial charge on any atom is 0.237 e. The van der Waals surface area contributed by atoms with Gasteiger partial charge in [-0.15, -0.1) is 0 Å². The Hall–Kier alpha value is -2.15. The highest BCUT2D eigenvalue weighted by Gasteiger charge is 2.15. The molecule has 7 heteroatoms. The smallest absolute Gasteiger partial charge is 0.237 e. The lowest BCUT2D eigenvalue weighted by Gasteiger charge is -2.19. The van der Waals surface area contributed by atoms with Gasteiger partial charge in [-0.1, -0.05) is 19.1 Å². The van der Waals surface area contributed by atoms with Crippen molar-refractivity contribution in [3.63, 3.8) is 0 Å². The van der Waals surface area contributed by atoms with Crippen molar-refractivity contribution in [2.24, 2.45) is 5.73 Å². The zero-order valence-corrected chi connectivity index (χ0v) is 12.8. The zero-order chi connectivity index (χ0) is 15.2. The number of anilines is 2. The summed E-state index contributed by atoms with van der Waals surface area (Å²) in [5.74, 6) is 0.408. The molecule has 6 nitrogen and oxygen atoms in total. The summed E-state index contributed by atoms with van der Waals surface area (Å²) in [5, 5.41) is 0.708. The van der Waals surface area contributed by atoms with E-state index >= 15 is 0 Å². The van der Waals surface area contributed by atoms with Crippen LogP contribution < -0.4 is 16.4 Å². The number of nitrogens with zero attached hydrogens (tertiary/aromatic N) is 3. The highest BCUT2D eigenvalue weighted by Crippen LogP contribution is 2.21. The molecule has 1 amide bonds. The number of aryl methyl sites for hydroxylation is 1. The summed E-state index contributed by atoms with van der Waals surface area (Å²) in [6.45, 7) is 2.71. The minimum atomic E-state index is -0.397. The number of primary amides is 1. The summed E-state index contributed by atoms with van der Waals surface area (Å²) in [6.07, 6.45) is 1.82. The predicted molar refractivity (Wildman–Crippen MR) is 85.0 cm³/mol. The monoisotopic (exact) mass is 305 g/mol. The van der Waals surface area contributed by atoms with E-state index in [-0.39, 0.29) is 6.54 Å². The molecule has 0 bridgehead atoms. The van der Waals surface area contributed by atoms with Crippen molar-refractivity contribution in [3.8, 4) is 0 Å². The number of aromatic nitrogens is 2. The Labute approximate surface area is 128 Å². The van der Waals surface area contributed by atoms with Crippen molar-refractivity contribution in [3.05, 3.63) is 35.7 Å². The molecule has 112 valence electrons. The van der Waals surface area contributed by atoms with Crippen molar-refractivity contribution < 1.29 is 4.79 Å². The van der Waals surface area contributed by atoms with Gasteiger partial charge in [-0.3, -0.25) is 4.79 Å². The molecule has 1 aromatic heterocycles. The van der Waals surface area contributed by atoms with Crippen LogP contribution in [0.4, 0.5) is 10.8 Å². The SMILES string of the molecule is CCCc1nsc(N(CC(N)=O)Cc2cccc(N)c2)n1. The van der Waals surface area contributed by atoms with Gasteiger partial charge in [0.05, 0.1) is 6.54 Å². The number of carbonyl (C=O) groups is 1. The molecule has 0 unspecified atom stereocenters.